The SMILES string of the molecule is CC1CCC(C(N)=O)CN1C(=O)C1CC(=O)N(Cc2ccco2)C1. The van der Waals surface area contributed by atoms with Crippen molar-refractivity contribution in [3.8, 4) is 0 Å². The van der Waals surface area contributed by atoms with E-state index < -0.39 is 0 Å². The molecule has 3 unspecified atom stereocenters. The second-order valence-electron chi connectivity index (χ2n) is 6.77. The summed E-state index contributed by atoms with van der Waals surface area (Å²) in [5, 5.41) is 0. The molecule has 3 heterocycles. The Kier molecular flexibility index (Phi) is 4.59. The predicted molar refractivity (Wildman–Crippen MR) is 85.3 cm³/mol. The van der Waals surface area contributed by atoms with Crippen LogP contribution >= 0.6 is 0 Å². The molecule has 3 amide bonds. The quantitative estimate of drug-likeness (QED) is 0.879. The van der Waals surface area contributed by atoms with Crippen molar-refractivity contribution < 1.29 is 18.8 Å². The molecule has 0 aliphatic carbocycles. The third-order valence-corrected chi connectivity index (χ3v) is 5.06. The molecule has 3 rings (SSSR count). The van der Waals surface area contributed by atoms with Crippen molar-refractivity contribution in [2.24, 2.45) is 17.6 Å². The number of carbonyl (C=O) groups is 3. The Morgan fingerprint density at radius 3 is 2.75 bits per heavy atom. The maximum absolute atomic E-state index is 12.8. The zero-order chi connectivity index (χ0) is 17.3. The third kappa shape index (κ3) is 3.29. The third-order valence-electron chi connectivity index (χ3n) is 5.06. The molecule has 2 aliphatic rings. The number of amides is 3. The molecule has 7 heteroatoms. The smallest absolute Gasteiger partial charge is 0.228 e. The van der Waals surface area contributed by atoms with Gasteiger partial charge in [-0.2, -0.15) is 0 Å². The molecule has 7 nitrogen and oxygen atoms in total. The fourth-order valence-electron chi connectivity index (χ4n) is 3.56. The molecule has 3 atom stereocenters. The van der Waals surface area contributed by atoms with Gasteiger partial charge in [0.25, 0.3) is 0 Å². The van der Waals surface area contributed by atoms with E-state index in [1.54, 1.807) is 22.1 Å². The number of furan rings is 1. The summed E-state index contributed by atoms with van der Waals surface area (Å²) in [5.41, 5.74) is 5.40. The van der Waals surface area contributed by atoms with Gasteiger partial charge in [-0.25, -0.2) is 0 Å². The van der Waals surface area contributed by atoms with Crippen molar-refractivity contribution in [1.82, 2.24) is 9.80 Å². The van der Waals surface area contributed by atoms with Crippen LogP contribution in [0.3, 0.4) is 0 Å². The number of hydrogen-bond acceptors (Lipinski definition) is 4. The molecule has 0 bridgehead atoms. The molecular formula is C17H23N3O4. The lowest BCUT2D eigenvalue weighted by molar-refractivity contribution is -0.141. The number of rotatable bonds is 4. The lowest BCUT2D eigenvalue weighted by atomic mass is 9.91. The van der Waals surface area contributed by atoms with Crippen LogP contribution in [0, 0.1) is 11.8 Å². The van der Waals surface area contributed by atoms with Crippen LogP contribution in [0.15, 0.2) is 22.8 Å². The number of nitrogens with two attached hydrogens (primary N) is 1. The van der Waals surface area contributed by atoms with Gasteiger partial charge in [0, 0.05) is 25.6 Å². The summed E-state index contributed by atoms with van der Waals surface area (Å²) in [5.74, 6) is -0.397. The summed E-state index contributed by atoms with van der Waals surface area (Å²) in [7, 11) is 0. The average molecular weight is 333 g/mol. The van der Waals surface area contributed by atoms with Gasteiger partial charge in [-0.15, -0.1) is 0 Å². The van der Waals surface area contributed by atoms with Crippen molar-refractivity contribution >= 4 is 17.7 Å². The first-order valence-corrected chi connectivity index (χ1v) is 8.35. The summed E-state index contributed by atoms with van der Waals surface area (Å²) in [4.78, 5) is 39.9. The van der Waals surface area contributed by atoms with Gasteiger partial charge in [0.1, 0.15) is 5.76 Å². The Morgan fingerprint density at radius 1 is 1.29 bits per heavy atom. The van der Waals surface area contributed by atoms with Crippen LogP contribution in [-0.4, -0.2) is 46.7 Å². The minimum atomic E-state index is -0.360. The van der Waals surface area contributed by atoms with E-state index in [0.29, 0.717) is 31.8 Å². The first kappa shape index (κ1) is 16.5. The zero-order valence-electron chi connectivity index (χ0n) is 13.8. The van der Waals surface area contributed by atoms with Gasteiger partial charge in [-0.1, -0.05) is 0 Å². The van der Waals surface area contributed by atoms with Gasteiger partial charge >= 0.3 is 0 Å². The topological polar surface area (TPSA) is 96.8 Å². The van der Waals surface area contributed by atoms with Gasteiger partial charge in [-0.3, -0.25) is 14.4 Å². The van der Waals surface area contributed by atoms with Gasteiger partial charge in [-0.05, 0) is 31.9 Å². The standard InChI is InChI=1S/C17H23N3O4/c1-11-4-5-12(16(18)22)9-20(11)17(23)13-7-15(21)19(8-13)10-14-3-2-6-24-14/h2-3,6,11-13H,4-5,7-10H2,1H3,(H2,18,22). The van der Waals surface area contributed by atoms with E-state index in [-0.39, 0.29) is 42.0 Å². The van der Waals surface area contributed by atoms with Crippen LogP contribution in [0.25, 0.3) is 0 Å². The minimum absolute atomic E-state index is 0.0409. The Morgan fingerprint density at radius 2 is 2.08 bits per heavy atom. The summed E-state index contributed by atoms with van der Waals surface area (Å²) >= 11 is 0. The monoisotopic (exact) mass is 333 g/mol. The van der Waals surface area contributed by atoms with Crippen LogP contribution < -0.4 is 5.73 Å². The highest BCUT2D eigenvalue weighted by Crippen LogP contribution is 2.27. The molecule has 1 aromatic rings. The van der Waals surface area contributed by atoms with E-state index in [9.17, 15) is 14.4 Å². The molecule has 2 aliphatic heterocycles. The number of carbonyl (C=O) groups excluding carboxylic acids is 3. The van der Waals surface area contributed by atoms with Crippen molar-refractivity contribution in [3.05, 3.63) is 24.2 Å². The highest BCUT2D eigenvalue weighted by molar-refractivity contribution is 5.90. The average Bonchev–Trinajstić information content (AvgIpc) is 3.18. The largest absolute Gasteiger partial charge is 0.467 e. The van der Waals surface area contributed by atoms with Crippen LogP contribution in [0.4, 0.5) is 0 Å². The Labute approximate surface area is 140 Å². The molecule has 0 saturated carbocycles. The van der Waals surface area contributed by atoms with Gasteiger partial charge in [0.05, 0.1) is 24.6 Å². The number of piperidine rings is 1. The van der Waals surface area contributed by atoms with Crippen molar-refractivity contribution in [1.29, 1.82) is 0 Å². The first-order valence-electron chi connectivity index (χ1n) is 8.35. The van der Waals surface area contributed by atoms with Crippen LogP contribution in [-0.2, 0) is 20.9 Å². The van der Waals surface area contributed by atoms with Crippen LogP contribution in [0.5, 0.6) is 0 Å². The fraction of sp³-hybridized carbons (Fsp3) is 0.588. The summed E-state index contributed by atoms with van der Waals surface area (Å²) in [6, 6.07) is 3.66. The number of hydrogen-bond donors (Lipinski definition) is 1. The Balaban J connectivity index is 1.64. The number of likely N-dealkylation sites (tertiary alicyclic amines) is 2. The van der Waals surface area contributed by atoms with Crippen LogP contribution in [0.1, 0.15) is 31.9 Å². The highest BCUT2D eigenvalue weighted by Gasteiger charge is 2.40. The van der Waals surface area contributed by atoms with Gasteiger partial charge < -0.3 is 20.0 Å². The van der Waals surface area contributed by atoms with Gasteiger partial charge in [0.2, 0.25) is 17.7 Å². The molecule has 0 radical (unpaired) electrons. The molecule has 2 fully saturated rings. The Bertz CT molecular complexity index is 628. The Hall–Kier alpha value is -2.31. The zero-order valence-corrected chi connectivity index (χ0v) is 13.8. The molecule has 130 valence electrons. The maximum Gasteiger partial charge on any atom is 0.228 e. The number of nitrogens with zero attached hydrogens (tertiary/aromatic N) is 2. The van der Waals surface area contributed by atoms with E-state index in [4.69, 9.17) is 10.2 Å². The summed E-state index contributed by atoms with van der Waals surface area (Å²) in [6.45, 7) is 3.11. The molecule has 1 aromatic heterocycles. The van der Waals surface area contributed by atoms with Crippen molar-refractivity contribution in [3.63, 3.8) is 0 Å². The molecule has 2 saturated heterocycles. The van der Waals surface area contributed by atoms with E-state index in [0.717, 1.165) is 6.42 Å². The van der Waals surface area contributed by atoms with E-state index in [1.807, 2.05) is 13.0 Å². The molecule has 0 spiro atoms. The van der Waals surface area contributed by atoms with E-state index >= 15 is 0 Å². The summed E-state index contributed by atoms with van der Waals surface area (Å²) < 4.78 is 5.27. The second-order valence-corrected chi connectivity index (χ2v) is 6.77. The maximum atomic E-state index is 12.8. The second kappa shape index (κ2) is 6.67. The highest BCUT2D eigenvalue weighted by atomic mass is 16.3. The summed E-state index contributed by atoms with van der Waals surface area (Å²) in [6.07, 6.45) is 3.26. The molecule has 24 heavy (non-hydrogen) atoms. The fourth-order valence-corrected chi connectivity index (χ4v) is 3.56. The van der Waals surface area contributed by atoms with E-state index in [2.05, 4.69) is 0 Å². The van der Waals surface area contributed by atoms with E-state index in [1.165, 1.54) is 0 Å². The van der Waals surface area contributed by atoms with Crippen molar-refractivity contribution in [2.75, 3.05) is 13.1 Å². The molecular weight excluding hydrogens is 310 g/mol. The lowest BCUT2D eigenvalue weighted by Gasteiger charge is -2.38. The van der Waals surface area contributed by atoms with Crippen molar-refractivity contribution in [2.45, 2.75) is 38.8 Å². The normalized spacial score (nSPS) is 27.5. The van der Waals surface area contributed by atoms with Crippen LogP contribution in [0.2, 0.25) is 0 Å². The first-order chi connectivity index (χ1) is 11.5. The molecule has 0 aromatic carbocycles. The van der Waals surface area contributed by atoms with Gasteiger partial charge in [0.15, 0.2) is 0 Å². The minimum Gasteiger partial charge on any atom is -0.467 e. The molecule has 2 N–H and O–H groups in total. The lowest BCUT2D eigenvalue weighted by Crippen LogP contribution is -2.50. The number of primary amides is 1. The predicted octanol–water partition coefficient (Wildman–Crippen LogP) is 0.741.